The van der Waals surface area contributed by atoms with Gasteiger partial charge < -0.3 is 15.4 Å². The molecule has 0 radical (unpaired) electrons. The lowest BCUT2D eigenvalue weighted by molar-refractivity contribution is -0.132. The van der Waals surface area contributed by atoms with E-state index in [9.17, 15) is 4.79 Å². The molecule has 0 unspecified atom stereocenters. The summed E-state index contributed by atoms with van der Waals surface area (Å²) < 4.78 is 5.39. The van der Waals surface area contributed by atoms with Crippen LogP contribution in [0.5, 0.6) is 5.75 Å². The molecule has 0 atom stereocenters. The smallest absolute Gasteiger partial charge is 0.222 e. The Morgan fingerprint density at radius 3 is 2.70 bits per heavy atom. The minimum Gasteiger partial charge on any atom is -0.496 e. The van der Waals surface area contributed by atoms with Gasteiger partial charge in [0.1, 0.15) is 5.75 Å². The van der Waals surface area contributed by atoms with Gasteiger partial charge in [0.15, 0.2) is 0 Å². The first kappa shape index (κ1) is 20.2. The quantitative estimate of drug-likeness (QED) is 0.682. The highest BCUT2D eigenvalue weighted by Gasteiger charge is 2.26. The molecular weight excluding hydrogens is 374 g/mol. The molecule has 3 aromatic rings. The number of amides is 1. The number of nitrogens with zero attached hydrogens (tertiary/aromatic N) is 2. The highest BCUT2D eigenvalue weighted by Crippen LogP contribution is 2.32. The summed E-state index contributed by atoms with van der Waals surface area (Å²) in [7, 11) is 1.68. The van der Waals surface area contributed by atoms with Crippen LogP contribution in [0.15, 0.2) is 48.5 Å². The maximum Gasteiger partial charge on any atom is 0.222 e. The number of benzene rings is 2. The molecular formula is C25H29N3O2. The van der Waals surface area contributed by atoms with Crippen LogP contribution in [0.4, 0.5) is 5.69 Å². The van der Waals surface area contributed by atoms with Crippen LogP contribution in [0, 0.1) is 6.92 Å². The zero-order valence-corrected chi connectivity index (χ0v) is 17.7. The second-order valence-electron chi connectivity index (χ2n) is 8.11. The van der Waals surface area contributed by atoms with Crippen LogP contribution in [0.1, 0.15) is 42.0 Å². The number of pyridine rings is 1. The normalized spacial score (nSPS) is 14.8. The van der Waals surface area contributed by atoms with Crippen LogP contribution < -0.4 is 10.5 Å². The third-order valence-electron chi connectivity index (χ3n) is 6.12. The maximum absolute atomic E-state index is 12.7. The van der Waals surface area contributed by atoms with Gasteiger partial charge in [-0.2, -0.15) is 0 Å². The van der Waals surface area contributed by atoms with E-state index in [0.29, 0.717) is 12.3 Å². The Hall–Kier alpha value is -3.08. The number of anilines is 1. The van der Waals surface area contributed by atoms with Crippen LogP contribution in [0.25, 0.3) is 10.9 Å². The summed E-state index contributed by atoms with van der Waals surface area (Å²) in [6.07, 6.45) is 3.06. The summed E-state index contributed by atoms with van der Waals surface area (Å²) in [6.45, 7) is 3.54. The molecule has 2 aromatic carbocycles. The van der Waals surface area contributed by atoms with Gasteiger partial charge in [0.2, 0.25) is 5.91 Å². The third kappa shape index (κ3) is 4.25. The van der Waals surface area contributed by atoms with Crippen molar-refractivity contribution in [2.75, 3.05) is 25.9 Å². The summed E-state index contributed by atoms with van der Waals surface area (Å²) in [5, 5.41) is 1.07. The molecule has 0 spiro atoms. The van der Waals surface area contributed by atoms with E-state index < -0.39 is 0 Å². The fourth-order valence-electron chi connectivity index (χ4n) is 4.31. The van der Waals surface area contributed by atoms with E-state index in [-0.39, 0.29) is 5.91 Å². The van der Waals surface area contributed by atoms with Crippen molar-refractivity contribution >= 4 is 22.5 Å². The maximum atomic E-state index is 12.7. The molecule has 2 heterocycles. The largest absolute Gasteiger partial charge is 0.496 e. The lowest BCUT2D eigenvalue weighted by Gasteiger charge is -2.32. The molecule has 5 heteroatoms. The van der Waals surface area contributed by atoms with E-state index >= 15 is 0 Å². The van der Waals surface area contributed by atoms with Crippen molar-refractivity contribution in [3.63, 3.8) is 0 Å². The first-order valence-corrected chi connectivity index (χ1v) is 10.6. The monoisotopic (exact) mass is 403 g/mol. The standard InChI is InChI=1S/C25H29N3O2/c1-17-7-8-18(15-23(17)30-2)9-10-24(29)28-13-11-19(12-14-28)25-21(26)16-20-5-3-4-6-22(20)27-25/h3-8,15-16,19H,9-14,26H2,1-2H3. The Morgan fingerprint density at radius 1 is 1.17 bits per heavy atom. The van der Waals surface area contributed by atoms with E-state index in [2.05, 4.69) is 6.07 Å². The summed E-state index contributed by atoms with van der Waals surface area (Å²) in [5.41, 5.74) is 11.3. The van der Waals surface area contributed by atoms with Gasteiger partial charge in [-0.15, -0.1) is 0 Å². The average molecular weight is 404 g/mol. The van der Waals surface area contributed by atoms with Crippen molar-refractivity contribution in [1.29, 1.82) is 0 Å². The SMILES string of the molecule is COc1cc(CCC(=O)N2CCC(c3nc4ccccc4cc3N)CC2)ccc1C. The number of hydrogen-bond acceptors (Lipinski definition) is 4. The Kier molecular flexibility index (Phi) is 5.88. The molecule has 2 N–H and O–H groups in total. The van der Waals surface area contributed by atoms with Crippen molar-refractivity contribution < 1.29 is 9.53 Å². The van der Waals surface area contributed by atoms with Crippen molar-refractivity contribution in [3.05, 3.63) is 65.4 Å². The fourth-order valence-corrected chi connectivity index (χ4v) is 4.31. The lowest BCUT2D eigenvalue weighted by atomic mass is 9.91. The highest BCUT2D eigenvalue weighted by molar-refractivity contribution is 5.82. The van der Waals surface area contributed by atoms with E-state index in [0.717, 1.165) is 71.5 Å². The Morgan fingerprint density at radius 2 is 1.93 bits per heavy atom. The van der Waals surface area contributed by atoms with E-state index in [1.165, 1.54) is 0 Å². The molecule has 0 bridgehead atoms. The van der Waals surface area contributed by atoms with Gasteiger partial charge in [0.05, 0.1) is 24.0 Å². The fraction of sp³-hybridized carbons (Fsp3) is 0.360. The van der Waals surface area contributed by atoms with Crippen LogP contribution >= 0.6 is 0 Å². The van der Waals surface area contributed by atoms with Gasteiger partial charge in [0, 0.05) is 30.8 Å². The predicted octanol–water partition coefficient (Wildman–Crippen LogP) is 4.47. The molecule has 0 aliphatic carbocycles. The van der Waals surface area contributed by atoms with Crippen molar-refractivity contribution in [3.8, 4) is 5.75 Å². The second-order valence-corrected chi connectivity index (χ2v) is 8.11. The van der Waals surface area contributed by atoms with Crippen LogP contribution in [0.3, 0.4) is 0 Å². The molecule has 0 saturated carbocycles. The number of rotatable bonds is 5. The summed E-state index contributed by atoms with van der Waals surface area (Å²) >= 11 is 0. The number of carbonyl (C=O) groups excluding carboxylic acids is 1. The first-order chi connectivity index (χ1) is 14.5. The molecule has 1 fully saturated rings. The molecule has 1 aliphatic heterocycles. The van der Waals surface area contributed by atoms with Crippen LogP contribution in [-0.4, -0.2) is 36.0 Å². The zero-order valence-electron chi connectivity index (χ0n) is 17.7. The molecule has 4 rings (SSSR count). The topological polar surface area (TPSA) is 68.5 Å². The first-order valence-electron chi connectivity index (χ1n) is 10.6. The molecule has 156 valence electrons. The molecule has 1 saturated heterocycles. The number of fused-ring (bicyclic) bond motifs is 1. The number of piperidine rings is 1. The minimum atomic E-state index is 0.215. The zero-order chi connectivity index (χ0) is 21.1. The number of ether oxygens (including phenoxy) is 1. The van der Waals surface area contributed by atoms with Gasteiger partial charge in [-0.3, -0.25) is 9.78 Å². The number of carbonyl (C=O) groups is 1. The molecule has 1 amide bonds. The van der Waals surface area contributed by atoms with E-state index in [1.807, 2.05) is 54.3 Å². The van der Waals surface area contributed by atoms with Crippen molar-refractivity contribution in [2.24, 2.45) is 0 Å². The Labute approximate surface area is 177 Å². The summed E-state index contributed by atoms with van der Waals surface area (Å²) in [4.78, 5) is 19.5. The second kappa shape index (κ2) is 8.74. The number of aryl methyl sites for hydroxylation is 2. The third-order valence-corrected chi connectivity index (χ3v) is 6.12. The number of hydrogen-bond donors (Lipinski definition) is 1. The number of nitrogen functional groups attached to an aromatic ring is 1. The summed E-state index contributed by atoms with van der Waals surface area (Å²) in [6, 6.07) is 16.2. The summed E-state index contributed by atoms with van der Waals surface area (Å²) in [5.74, 6) is 1.40. The molecule has 1 aromatic heterocycles. The Balaban J connectivity index is 1.35. The van der Waals surface area contributed by atoms with Crippen molar-refractivity contribution in [1.82, 2.24) is 9.88 Å². The van der Waals surface area contributed by atoms with Gasteiger partial charge in [-0.1, -0.05) is 30.3 Å². The van der Waals surface area contributed by atoms with Gasteiger partial charge in [-0.05, 0) is 55.5 Å². The predicted molar refractivity (Wildman–Crippen MR) is 121 cm³/mol. The van der Waals surface area contributed by atoms with Crippen LogP contribution in [0.2, 0.25) is 0 Å². The number of para-hydroxylation sites is 1. The number of aromatic nitrogens is 1. The number of methoxy groups -OCH3 is 1. The number of nitrogens with two attached hydrogens (primary N) is 1. The average Bonchev–Trinajstić information content (AvgIpc) is 2.78. The van der Waals surface area contributed by atoms with E-state index in [1.54, 1.807) is 7.11 Å². The molecule has 1 aliphatic rings. The Bertz CT molecular complexity index is 1060. The minimum absolute atomic E-state index is 0.215. The molecule has 30 heavy (non-hydrogen) atoms. The lowest BCUT2D eigenvalue weighted by Crippen LogP contribution is -2.38. The van der Waals surface area contributed by atoms with E-state index in [4.69, 9.17) is 15.5 Å². The molecule has 5 nitrogen and oxygen atoms in total. The van der Waals surface area contributed by atoms with Crippen LogP contribution in [-0.2, 0) is 11.2 Å². The van der Waals surface area contributed by atoms with Gasteiger partial charge in [0.25, 0.3) is 0 Å². The highest BCUT2D eigenvalue weighted by atomic mass is 16.5. The van der Waals surface area contributed by atoms with Gasteiger partial charge in [-0.25, -0.2) is 0 Å². The van der Waals surface area contributed by atoms with Gasteiger partial charge >= 0.3 is 0 Å². The van der Waals surface area contributed by atoms with Crippen molar-refractivity contribution in [2.45, 2.75) is 38.5 Å². The number of likely N-dealkylation sites (tertiary alicyclic amines) is 1.